The average molecular weight is 395 g/mol. The maximum atomic E-state index is 11.7. The monoisotopic (exact) mass is 394 g/mol. The minimum atomic E-state index is -0.295. The summed E-state index contributed by atoms with van der Waals surface area (Å²) < 4.78 is 11.5. The molecule has 0 aliphatic rings. The summed E-state index contributed by atoms with van der Waals surface area (Å²) in [4.78, 5) is 23.3. The molecule has 2 rings (SSSR count). The summed E-state index contributed by atoms with van der Waals surface area (Å²) in [5.74, 6) is 0.660. The van der Waals surface area contributed by atoms with Gasteiger partial charge in [0, 0.05) is 24.0 Å². The number of hydrogen-bond acceptors (Lipinski definition) is 4. The van der Waals surface area contributed by atoms with Crippen molar-refractivity contribution in [2.75, 3.05) is 19.7 Å². The zero-order chi connectivity index (χ0) is 17.2. The fourth-order valence-corrected chi connectivity index (χ4v) is 2.32. The van der Waals surface area contributed by atoms with Gasteiger partial charge in [-0.15, -0.1) is 0 Å². The molecule has 0 unspecified atom stereocenters. The molecule has 2 aromatic rings. The van der Waals surface area contributed by atoms with Crippen molar-refractivity contribution in [1.82, 2.24) is 10.6 Å². The first-order chi connectivity index (χ1) is 11.6. The van der Waals surface area contributed by atoms with E-state index in [-0.39, 0.29) is 17.6 Å². The number of furan rings is 1. The van der Waals surface area contributed by atoms with Gasteiger partial charge in [-0.2, -0.15) is 0 Å². The summed E-state index contributed by atoms with van der Waals surface area (Å²) in [5, 5.41) is 5.40. The molecule has 0 spiro atoms. The molecule has 128 valence electrons. The van der Waals surface area contributed by atoms with E-state index in [9.17, 15) is 9.59 Å². The zero-order valence-corrected chi connectivity index (χ0v) is 14.7. The second-order valence-corrected chi connectivity index (χ2v) is 5.91. The van der Waals surface area contributed by atoms with Gasteiger partial charge >= 0.3 is 0 Å². The average Bonchev–Trinajstić information content (AvgIpc) is 3.10. The summed E-state index contributed by atoms with van der Waals surface area (Å²) >= 11 is 3.37. The second kappa shape index (κ2) is 9.77. The third kappa shape index (κ3) is 6.45. The van der Waals surface area contributed by atoms with Crippen LogP contribution in [-0.4, -0.2) is 31.5 Å². The number of amides is 2. The zero-order valence-electron chi connectivity index (χ0n) is 13.1. The Hall–Kier alpha value is -2.28. The molecule has 1 aromatic carbocycles. The minimum Gasteiger partial charge on any atom is -0.494 e. The van der Waals surface area contributed by atoms with E-state index < -0.39 is 0 Å². The number of halogens is 1. The molecule has 1 aromatic heterocycles. The fourth-order valence-electron chi connectivity index (χ4n) is 1.94. The second-order valence-electron chi connectivity index (χ2n) is 4.99. The maximum Gasteiger partial charge on any atom is 0.287 e. The molecule has 6 nitrogen and oxygen atoms in total. The van der Waals surface area contributed by atoms with Crippen LogP contribution in [0.3, 0.4) is 0 Å². The van der Waals surface area contributed by atoms with Crippen LogP contribution in [0, 0.1) is 0 Å². The molecular formula is C17H19BrN2O4. The van der Waals surface area contributed by atoms with Crippen molar-refractivity contribution in [2.24, 2.45) is 0 Å². The van der Waals surface area contributed by atoms with Crippen LogP contribution in [0.15, 0.2) is 51.6 Å². The third-order valence-corrected chi connectivity index (χ3v) is 3.58. The van der Waals surface area contributed by atoms with E-state index in [1.807, 2.05) is 24.3 Å². The lowest BCUT2D eigenvalue weighted by molar-refractivity contribution is -0.121. The molecule has 0 bridgehead atoms. The standard InChI is InChI=1S/C17H19BrN2O4/c18-13-4-1-5-14(12-13)23-10-3-7-16(21)19-8-9-20-17(22)15-6-2-11-24-15/h1-2,4-6,11-12H,3,7-10H2,(H,19,21)(H,20,22). The topological polar surface area (TPSA) is 80.6 Å². The van der Waals surface area contributed by atoms with Crippen LogP contribution < -0.4 is 15.4 Å². The number of benzene rings is 1. The van der Waals surface area contributed by atoms with Gasteiger partial charge < -0.3 is 19.8 Å². The first-order valence-electron chi connectivity index (χ1n) is 7.62. The molecule has 1 heterocycles. The SMILES string of the molecule is O=C(CCCOc1cccc(Br)c1)NCCNC(=O)c1ccco1. The highest BCUT2D eigenvalue weighted by Crippen LogP contribution is 2.17. The third-order valence-electron chi connectivity index (χ3n) is 3.09. The Morgan fingerprint density at radius 3 is 2.71 bits per heavy atom. The first kappa shape index (κ1) is 18.1. The molecule has 2 N–H and O–H groups in total. The highest BCUT2D eigenvalue weighted by Gasteiger charge is 2.07. The van der Waals surface area contributed by atoms with Gasteiger partial charge in [-0.25, -0.2) is 0 Å². The van der Waals surface area contributed by atoms with Crippen molar-refractivity contribution in [1.29, 1.82) is 0 Å². The molecule has 2 amide bonds. The summed E-state index contributed by atoms with van der Waals surface area (Å²) in [7, 11) is 0. The van der Waals surface area contributed by atoms with Gasteiger partial charge in [0.05, 0.1) is 12.9 Å². The van der Waals surface area contributed by atoms with Crippen LogP contribution in [-0.2, 0) is 4.79 Å². The van der Waals surface area contributed by atoms with E-state index >= 15 is 0 Å². The molecule has 24 heavy (non-hydrogen) atoms. The lowest BCUT2D eigenvalue weighted by Crippen LogP contribution is -2.34. The Kier molecular flexibility index (Phi) is 7.35. The van der Waals surface area contributed by atoms with Crippen LogP contribution in [0.5, 0.6) is 5.75 Å². The van der Waals surface area contributed by atoms with E-state index in [0.29, 0.717) is 32.5 Å². The quantitative estimate of drug-likeness (QED) is 0.640. The van der Waals surface area contributed by atoms with Gasteiger partial charge in [0.2, 0.25) is 5.91 Å². The van der Waals surface area contributed by atoms with E-state index in [1.165, 1.54) is 6.26 Å². The first-order valence-corrected chi connectivity index (χ1v) is 8.41. The summed E-state index contributed by atoms with van der Waals surface area (Å²) in [6.07, 6.45) is 2.43. The van der Waals surface area contributed by atoms with E-state index in [1.54, 1.807) is 12.1 Å². The van der Waals surface area contributed by atoms with E-state index in [4.69, 9.17) is 9.15 Å². The van der Waals surface area contributed by atoms with Gasteiger partial charge in [0.15, 0.2) is 5.76 Å². The van der Waals surface area contributed by atoms with Gasteiger partial charge in [-0.3, -0.25) is 9.59 Å². The number of carbonyl (C=O) groups is 2. The minimum absolute atomic E-state index is 0.0694. The van der Waals surface area contributed by atoms with E-state index in [2.05, 4.69) is 26.6 Å². The van der Waals surface area contributed by atoms with Crippen molar-refractivity contribution in [3.8, 4) is 5.75 Å². The van der Waals surface area contributed by atoms with Crippen molar-refractivity contribution >= 4 is 27.7 Å². The number of carbonyl (C=O) groups excluding carboxylic acids is 2. The molecule has 0 fully saturated rings. The molecule has 0 aliphatic heterocycles. The Morgan fingerprint density at radius 1 is 1.12 bits per heavy atom. The highest BCUT2D eigenvalue weighted by atomic mass is 79.9. The van der Waals surface area contributed by atoms with Crippen LogP contribution >= 0.6 is 15.9 Å². The molecule has 0 saturated carbocycles. The number of rotatable bonds is 9. The van der Waals surface area contributed by atoms with Crippen molar-refractivity contribution in [2.45, 2.75) is 12.8 Å². The van der Waals surface area contributed by atoms with Gasteiger partial charge in [-0.1, -0.05) is 22.0 Å². The predicted molar refractivity (Wildman–Crippen MR) is 92.9 cm³/mol. The van der Waals surface area contributed by atoms with Crippen LogP contribution in [0.25, 0.3) is 0 Å². The Morgan fingerprint density at radius 2 is 1.96 bits per heavy atom. The van der Waals surface area contributed by atoms with Gasteiger partial charge in [-0.05, 0) is 36.8 Å². The van der Waals surface area contributed by atoms with Crippen molar-refractivity contribution < 1.29 is 18.7 Å². The summed E-state index contributed by atoms with van der Waals surface area (Å²) in [6, 6.07) is 10.8. The fraction of sp³-hybridized carbons (Fsp3) is 0.294. The van der Waals surface area contributed by atoms with Crippen LogP contribution in [0.4, 0.5) is 0 Å². The predicted octanol–water partition coefficient (Wildman–Crippen LogP) is 2.75. The van der Waals surface area contributed by atoms with Gasteiger partial charge in [0.25, 0.3) is 5.91 Å². The summed E-state index contributed by atoms with van der Waals surface area (Å²) in [5.41, 5.74) is 0. The summed E-state index contributed by atoms with van der Waals surface area (Å²) in [6.45, 7) is 1.19. The number of hydrogen-bond donors (Lipinski definition) is 2. The Bertz CT molecular complexity index is 658. The van der Waals surface area contributed by atoms with Crippen molar-refractivity contribution in [3.63, 3.8) is 0 Å². The highest BCUT2D eigenvalue weighted by molar-refractivity contribution is 9.10. The normalized spacial score (nSPS) is 10.2. The molecule has 7 heteroatoms. The Labute approximate surface area is 148 Å². The van der Waals surface area contributed by atoms with Crippen LogP contribution in [0.2, 0.25) is 0 Å². The van der Waals surface area contributed by atoms with E-state index in [0.717, 1.165) is 10.2 Å². The molecule has 0 aliphatic carbocycles. The molecule has 0 radical (unpaired) electrons. The number of ether oxygens (including phenoxy) is 1. The lowest BCUT2D eigenvalue weighted by Gasteiger charge is -2.08. The largest absolute Gasteiger partial charge is 0.494 e. The smallest absolute Gasteiger partial charge is 0.287 e. The van der Waals surface area contributed by atoms with Gasteiger partial charge in [0.1, 0.15) is 5.75 Å². The molecule has 0 saturated heterocycles. The van der Waals surface area contributed by atoms with Crippen molar-refractivity contribution in [3.05, 3.63) is 52.9 Å². The van der Waals surface area contributed by atoms with Crippen LogP contribution in [0.1, 0.15) is 23.4 Å². The molecular weight excluding hydrogens is 376 g/mol. The number of nitrogens with one attached hydrogen (secondary N) is 2. The molecule has 0 atom stereocenters. The Balaban J connectivity index is 1.51. The maximum absolute atomic E-state index is 11.7. The lowest BCUT2D eigenvalue weighted by atomic mass is 10.3.